The van der Waals surface area contributed by atoms with Gasteiger partial charge in [-0.1, -0.05) is 29.3 Å². The van der Waals surface area contributed by atoms with Crippen molar-refractivity contribution in [1.29, 1.82) is 0 Å². The first-order chi connectivity index (χ1) is 15.8. The summed E-state index contributed by atoms with van der Waals surface area (Å²) in [4.78, 5) is 38.7. The number of anilines is 1. The number of amides is 1. The molecule has 4 aromatic rings. The second kappa shape index (κ2) is 9.30. The Labute approximate surface area is 200 Å². The van der Waals surface area contributed by atoms with E-state index in [2.05, 4.69) is 10.4 Å². The largest absolute Gasteiger partial charge is 0.461 e. The predicted octanol–water partition coefficient (Wildman–Crippen LogP) is 5.32. The first kappa shape index (κ1) is 22.9. The quantitative estimate of drug-likeness (QED) is 0.370. The van der Waals surface area contributed by atoms with Gasteiger partial charge >= 0.3 is 5.97 Å². The smallest absolute Gasteiger partial charge is 0.359 e. The summed E-state index contributed by atoms with van der Waals surface area (Å²) in [5.74, 6) is -2.39. The number of halogens is 3. The third-order valence-electron chi connectivity index (χ3n) is 4.61. The first-order valence-corrected chi connectivity index (χ1v) is 11.2. The van der Waals surface area contributed by atoms with Crippen molar-refractivity contribution in [2.24, 2.45) is 0 Å². The van der Waals surface area contributed by atoms with Crippen LogP contribution in [0.3, 0.4) is 0 Å². The van der Waals surface area contributed by atoms with Gasteiger partial charge in [-0.05, 0) is 43.3 Å². The van der Waals surface area contributed by atoms with Gasteiger partial charge < -0.3 is 10.1 Å². The SMILES string of the molecule is CCOC(=O)c1nn(-c2ccc(Cl)cc2)c(=O)c2c(NC(=O)c3c(F)cccc3Cl)scc12. The van der Waals surface area contributed by atoms with E-state index in [1.165, 1.54) is 17.5 Å². The van der Waals surface area contributed by atoms with E-state index >= 15 is 0 Å². The van der Waals surface area contributed by atoms with Gasteiger partial charge in [0.1, 0.15) is 10.8 Å². The molecule has 0 aliphatic rings. The minimum absolute atomic E-state index is 0.0221. The summed E-state index contributed by atoms with van der Waals surface area (Å²) in [5, 5.41) is 8.92. The summed E-state index contributed by atoms with van der Waals surface area (Å²) in [6.45, 7) is 1.74. The van der Waals surface area contributed by atoms with Crippen molar-refractivity contribution in [1.82, 2.24) is 9.78 Å². The standard InChI is InChI=1S/C22H14Cl2FN3O4S/c1-2-32-22(31)18-13-10-33-20(26-19(29)17-14(24)4-3-5-15(17)25)16(13)21(30)28(27-18)12-8-6-11(23)7-9-12/h3-10H,2H2,1H3,(H,26,29). The summed E-state index contributed by atoms with van der Waals surface area (Å²) in [6.07, 6.45) is 0. The molecule has 2 heterocycles. The minimum Gasteiger partial charge on any atom is -0.461 e. The van der Waals surface area contributed by atoms with Gasteiger partial charge in [0.2, 0.25) is 0 Å². The van der Waals surface area contributed by atoms with E-state index in [-0.39, 0.29) is 38.7 Å². The van der Waals surface area contributed by atoms with Gasteiger partial charge in [0.05, 0.1) is 28.3 Å². The fourth-order valence-electron chi connectivity index (χ4n) is 3.13. The highest BCUT2D eigenvalue weighted by molar-refractivity contribution is 7.16. The molecule has 168 valence electrons. The van der Waals surface area contributed by atoms with Crippen molar-refractivity contribution < 1.29 is 18.7 Å². The number of nitrogens with one attached hydrogen (secondary N) is 1. The second-order valence-corrected chi connectivity index (χ2v) is 8.39. The summed E-state index contributed by atoms with van der Waals surface area (Å²) in [5.41, 5.74) is -0.727. The Morgan fingerprint density at radius 1 is 1.18 bits per heavy atom. The second-order valence-electron chi connectivity index (χ2n) is 6.67. The van der Waals surface area contributed by atoms with Crippen LogP contribution >= 0.6 is 34.5 Å². The Morgan fingerprint density at radius 2 is 1.91 bits per heavy atom. The summed E-state index contributed by atoms with van der Waals surface area (Å²) in [6, 6.07) is 10.1. The minimum atomic E-state index is -0.839. The number of hydrogen-bond acceptors (Lipinski definition) is 6. The van der Waals surface area contributed by atoms with Crippen LogP contribution in [0.2, 0.25) is 10.0 Å². The molecule has 4 rings (SSSR count). The third-order valence-corrected chi connectivity index (χ3v) is 6.07. The van der Waals surface area contributed by atoms with Crippen molar-refractivity contribution in [3.8, 4) is 5.69 Å². The van der Waals surface area contributed by atoms with Gasteiger partial charge in [0.25, 0.3) is 11.5 Å². The number of rotatable bonds is 5. The fourth-order valence-corrected chi connectivity index (χ4v) is 4.44. The number of ether oxygens (including phenoxy) is 1. The lowest BCUT2D eigenvalue weighted by molar-refractivity contribution is 0.0520. The highest BCUT2D eigenvalue weighted by Crippen LogP contribution is 2.32. The summed E-state index contributed by atoms with van der Waals surface area (Å²) >= 11 is 12.9. The molecule has 33 heavy (non-hydrogen) atoms. The zero-order valence-corrected chi connectivity index (χ0v) is 19.2. The van der Waals surface area contributed by atoms with Crippen LogP contribution in [0.1, 0.15) is 27.8 Å². The molecule has 1 N–H and O–H groups in total. The molecule has 0 spiro atoms. The Bertz CT molecular complexity index is 1430. The average Bonchev–Trinajstić information content (AvgIpc) is 3.19. The molecule has 7 nitrogen and oxygen atoms in total. The number of nitrogens with zero attached hydrogens (tertiary/aromatic N) is 2. The Morgan fingerprint density at radius 3 is 2.58 bits per heavy atom. The van der Waals surface area contributed by atoms with Crippen LogP contribution in [0, 0.1) is 5.82 Å². The molecule has 1 amide bonds. The predicted molar refractivity (Wildman–Crippen MR) is 126 cm³/mol. The number of hydrogen-bond donors (Lipinski definition) is 1. The molecule has 11 heteroatoms. The first-order valence-electron chi connectivity index (χ1n) is 9.54. The van der Waals surface area contributed by atoms with Crippen LogP contribution in [0.4, 0.5) is 9.39 Å². The monoisotopic (exact) mass is 505 g/mol. The number of thiophene rings is 1. The van der Waals surface area contributed by atoms with E-state index in [9.17, 15) is 18.8 Å². The number of benzene rings is 2. The van der Waals surface area contributed by atoms with Crippen LogP contribution < -0.4 is 10.9 Å². The molecule has 0 saturated carbocycles. The van der Waals surface area contributed by atoms with Crippen molar-refractivity contribution in [2.45, 2.75) is 6.92 Å². The zero-order chi connectivity index (χ0) is 23.7. The molecule has 0 unspecified atom stereocenters. The molecular weight excluding hydrogens is 492 g/mol. The maximum atomic E-state index is 14.2. The van der Waals surface area contributed by atoms with Gasteiger partial charge in [-0.2, -0.15) is 9.78 Å². The van der Waals surface area contributed by atoms with Crippen molar-refractivity contribution in [3.05, 3.63) is 85.3 Å². The Kier molecular flexibility index (Phi) is 6.46. The van der Waals surface area contributed by atoms with Crippen molar-refractivity contribution >= 4 is 62.2 Å². The molecule has 0 aliphatic carbocycles. The normalized spacial score (nSPS) is 10.9. The van der Waals surface area contributed by atoms with Gasteiger partial charge in [-0.25, -0.2) is 9.18 Å². The number of fused-ring (bicyclic) bond motifs is 1. The maximum Gasteiger partial charge on any atom is 0.359 e. The van der Waals surface area contributed by atoms with Gasteiger partial charge in [0.15, 0.2) is 5.69 Å². The van der Waals surface area contributed by atoms with Crippen molar-refractivity contribution in [2.75, 3.05) is 11.9 Å². The van der Waals surface area contributed by atoms with Gasteiger partial charge in [-0.15, -0.1) is 11.3 Å². The summed E-state index contributed by atoms with van der Waals surface area (Å²) in [7, 11) is 0. The van der Waals surface area contributed by atoms with E-state index in [4.69, 9.17) is 27.9 Å². The molecule has 0 aliphatic heterocycles. The van der Waals surface area contributed by atoms with Crippen molar-refractivity contribution in [3.63, 3.8) is 0 Å². The molecule has 0 radical (unpaired) electrons. The molecular formula is C22H14Cl2FN3O4S. The lowest BCUT2D eigenvalue weighted by Crippen LogP contribution is -2.25. The number of carbonyl (C=O) groups excluding carboxylic acids is 2. The molecule has 0 fully saturated rings. The zero-order valence-electron chi connectivity index (χ0n) is 16.9. The van der Waals surface area contributed by atoms with E-state index in [1.54, 1.807) is 31.2 Å². The number of aromatic nitrogens is 2. The molecule has 0 bridgehead atoms. The lowest BCUT2D eigenvalue weighted by atomic mass is 10.2. The average molecular weight is 506 g/mol. The van der Waals surface area contributed by atoms with E-state index in [0.29, 0.717) is 10.7 Å². The highest BCUT2D eigenvalue weighted by Gasteiger charge is 2.24. The van der Waals surface area contributed by atoms with E-state index < -0.39 is 23.3 Å². The van der Waals surface area contributed by atoms with Crippen LogP contribution in [0.5, 0.6) is 0 Å². The van der Waals surface area contributed by atoms with E-state index in [1.807, 2.05) is 0 Å². The summed E-state index contributed by atoms with van der Waals surface area (Å²) < 4.78 is 20.3. The molecule has 0 atom stereocenters. The Balaban J connectivity index is 1.90. The third kappa shape index (κ3) is 4.35. The maximum absolute atomic E-state index is 14.2. The van der Waals surface area contributed by atoms with Gasteiger partial charge in [-0.3, -0.25) is 9.59 Å². The molecule has 2 aromatic heterocycles. The topological polar surface area (TPSA) is 90.3 Å². The van der Waals surface area contributed by atoms with Crippen LogP contribution in [0.15, 0.2) is 52.6 Å². The van der Waals surface area contributed by atoms with Gasteiger partial charge in [0, 0.05) is 15.8 Å². The van der Waals surface area contributed by atoms with Crippen LogP contribution in [-0.4, -0.2) is 28.3 Å². The van der Waals surface area contributed by atoms with Crippen LogP contribution in [0.25, 0.3) is 16.5 Å². The number of esters is 1. The van der Waals surface area contributed by atoms with Crippen LogP contribution in [-0.2, 0) is 4.74 Å². The van der Waals surface area contributed by atoms with E-state index in [0.717, 1.165) is 22.1 Å². The fraction of sp³-hybridized carbons (Fsp3) is 0.0909. The Hall–Kier alpha value is -3.27. The molecule has 0 saturated heterocycles. The lowest BCUT2D eigenvalue weighted by Gasteiger charge is -2.10. The molecule has 2 aromatic carbocycles. The highest BCUT2D eigenvalue weighted by atomic mass is 35.5. The number of carbonyl (C=O) groups is 2.